The first kappa shape index (κ1) is 18.0. The van der Waals surface area contributed by atoms with Gasteiger partial charge < -0.3 is 10.1 Å². The Morgan fingerprint density at radius 2 is 1.64 bits per heavy atom. The van der Waals surface area contributed by atoms with Crippen LogP contribution in [-0.2, 0) is 6.42 Å². The fourth-order valence-corrected chi connectivity index (χ4v) is 3.91. The third kappa shape index (κ3) is 5.34. The van der Waals surface area contributed by atoms with Crippen LogP contribution < -0.4 is 10.1 Å². The van der Waals surface area contributed by atoms with Gasteiger partial charge in [-0.1, -0.05) is 49.4 Å². The lowest BCUT2D eigenvalue weighted by molar-refractivity contribution is 0.288. The average molecular weight is 338 g/mol. The van der Waals surface area contributed by atoms with E-state index in [4.69, 9.17) is 4.74 Å². The molecule has 1 atom stereocenters. The van der Waals surface area contributed by atoms with Crippen LogP contribution in [0.1, 0.15) is 49.7 Å². The monoisotopic (exact) mass is 337 g/mol. The van der Waals surface area contributed by atoms with Gasteiger partial charge in [0.15, 0.2) is 0 Å². The molecule has 0 bridgehead atoms. The minimum atomic E-state index is 0.582. The second-order valence-electron chi connectivity index (χ2n) is 7.49. The summed E-state index contributed by atoms with van der Waals surface area (Å²) in [6.07, 6.45) is 6.49. The van der Waals surface area contributed by atoms with Crippen LogP contribution in [0.4, 0.5) is 0 Å². The molecule has 1 aliphatic rings. The fourth-order valence-electron chi connectivity index (χ4n) is 3.91. The van der Waals surface area contributed by atoms with Crippen molar-refractivity contribution in [3.8, 4) is 5.75 Å². The van der Waals surface area contributed by atoms with Crippen molar-refractivity contribution in [2.45, 2.75) is 51.0 Å². The number of hydrogen-bond donors (Lipinski definition) is 1. The van der Waals surface area contributed by atoms with Gasteiger partial charge in [0.25, 0.3) is 0 Å². The molecule has 1 saturated carbocycles. The molecular formula is C23H31NO. The Labute approximate surface area is 152 Å². The number of ether oxygens (including phenoxy) is 1. The summed E-state index contributed by atoms with van der Waals surface area (Å²) >= 11 is 0. The predicted molar refractivity (Wildman–Crippen MR) is 105 cm³/mol. The van der Waals surface area contributed by atoms with Crippen molar-refractivity contribution in [1.29, 1.82) is 0 Å². The molecule has 2 aromatic carbocycles. The van der Waals surface area contributed by atoms with Crippen LogP contribution in [-0.4, -0.2) is 19.7 Å². The molecule has 0 saturated heterocycles. The molecule has 1 N–H and O–H groups in total. The van der Waals surface area contributed by atoms with Crippen molar-refractivity contribution in [2.75, 3.05) is 13.7 Å². The second-order valence-corrected chi connectivity index (χ2v) is 7.49. The summed E-state index contributed by atoms with van der Waals surface area (Å²) in [4.78, 5) is 0. The molecule has 0 amide bonds. The topological polar surface area (TPSA) is 21.3 Å². The van der Waals surface area contributed by atoms with Crippen molar-refractivity contribution < 1.29 is 4.74 Å². The van der Waals surface area contributed by atoms with Gasteiger partial charge in [0.1, 0.15) is 5.75 Å². The van der Waals surface area contributed by atoms with Crippen LogP contribution >= 0.6 is 0 Å². The third-order valence-electron chi connectivity index (χ3n) is 5.61. The zero-order valence-electron chi connectivity index (χ0n) is 15.6. The molecule has 2 nitrogen and oxygen atoms in total. The van der Waals surface area contributed by atoms with E-state index >= 15 is 0 Å². The van der Waals surface area contributed by atoms with Gasteiger partial charge in [-0.2, -0.15) is 0 Å². The fraction of sp³-hybridized carbons (Fsp3) is 0.478. The van der Waals surface area contributed by atoms with Gasteiger partial charge in [0.2, 0.25) is 0 Å². The summed E-state index contributed by atoms with van der Waals surface area (Å²) in [7, 11) is 1.72. The number of methoxy groups -OCH3 is 1. The molecule has 134 valence electrons. The summed E-state index contributed by atoms with van der Waals surface area (Å²) in [5.74, 6) is 2.36. The van der Waals surface area contributed by atoms with Crippen molar-refractivity contribution >= 4 is 0 Å². The van der Waals surface area contributed by atoms with E-state index in [-0.39, 0.29) is 0 Å². The first-order valence-electron chi connectivity index (χ1n) is 9.66. The Kier molecular flexibility index (Phi) is 6.52. The van der Waals surface area contributed by atoms with Crippen molar-refractivity contribution in [1.82, 2.24) is 5.32 Å². The highest BCUT2D eigenvalue weighted by atomic mass is 16.5. The molecule has 0 spiro atoms. The molecule has 0 aliphatic heterocycles. The van der Waals surface area contributed by atoms with E-state index in [1.54, 1.807) is 7.11 Å². The SMILES string of the molecule is COc1ccc(C[C@H]2CC[C@@H](NC[C@H](C)c3ccccc3)CC2)cc1. The number of benzene rings is 2. The lowest BCUT2D eigenvalue weighted by atomic mass is 9.82. The molecule has 1 fully saturated rings. The maximum Gasteiger partial charge on any atom is 0.118 e. The van der Waals surface area contributed by atoms with Gasteiger partial charge in [-0.3, -0.25) is 0 Å². The molecule has 0 unspecified atom stereocenters. The molecule has 2 heteroatoms. The smallest absolute Gasteiger partial charge is 0.118 e. The minimum absolute atomic E-state index is 0.582. The summed E-state index contributed by atoms with van der Waals surface area (Å²) < 4.78 is 5.24. The molecule has 25 heavy (non-hydrogen) atoms. The lowest BCUT2D eigenvalue weighted by Crippen LogP contribution is -2.35. The van der Waals surface area contributed by atoms with Gasteiger partial charge in [-0.25, -0.2) is 0 Å². The van der Waals surface area contributed by atoms with E-state index < -0.39 is 0 Å². The highest BCUT2D eigenvalue weighted by molar-refractivity contribution is 5.27. The molecule has 1 aliphatic carbocycles. The molecule has 0 radical (unpaired) electrons. The van der Waals surface area contributed by atoms with Crippen molar-refractivity contribution in [3.63, 3.8) is 0 Å². The molecule has 0 heterocycles. The molecule has 3 rings (SSSR count). The lowest BCUT2D eigenvalue weighted by Gasteiger charge is -2.30. The Bertz CT molecular complexity index is 614. The van der Waals surface area contributed by atoms with E-state index in [1.165, 1.54) is 43.2 Å². The Hall–Kier alpha value is -1.80. The Morgan fingerprint density at radius 3 is 2.28 bits per heavy atom. The van der Waals surface area contributed by atoms with Crippen molar-refractivity contribution in [2.24, 2.45) is 5.92 Å². The van der Waals surface area contributed by atoms with Crippen LogP contribution in [0.15, 0.2) is 54.6 Å². The molecule has 2 aromatic rings. The van der Waals surface area contributed by atoms with E-state index in [0.717, 1.165) is 18.2 Å². The van der Waals surface area contributed by atoms with Crippen LogP contribution in [0.3, 0.4) is 0 Å². The summed E-state index contributed by atoms with van der Waals surface area (Å²) in [5.41, 5.74) is 2.87. The van der Waals surface area contributed by atoms with Crippen LogP contribution in [0.25, 0.3) is 0 Å². The van der Waals surface area contributed by atoms with E-state index in [9.17, 15) is 0 Å². The third-order valence-corrected chi connectivity index (χ3v) is 5.61. The van der Waals surface area contributed by atoms with Gasteiger partial charge in [0, 0.05) is 12.6 Å². The maximum atomic E-state index is 5.24. The Morgan fingerprint density at radius 1 is 0.960 bits per heavy atom. The number of hydrogen-bond acceptors (Lipinski definition) is 2. The molecule has 0 aromatic heterocycles. The Balaban J connectivity index is 1.39. The predicted octanol–water partition coefficient (Wildman–Crippen LogP) is 5.19. The van der Waals surface area contributed by atoms with Crippen molar-refractivity contribution in [3.05, 3.63) is 65.7 Å². The normalized spacial score (nSPS) is 21.7. The largest absolute Gasteiger partial charge is 0.497 e. The summed E-state index contributed by atoms with van der Waals surface area (Å²) in [5, 5.41) is 3.80. The highest BCUT2D eigenvalue weighted by Gasteiger charge is 2.21. The van der Waals surface area contributed by atoms with Gasteiger partial charge >= 0.3 is 0 Å². The first-order chi connectivity index (χ1) is 12.2. The van der Waals surface area contributed by atoms with E-state index in [1.807, 2.05) is 0 Å². The summed E-state index contributed by atoms with van der Waals surface area (Å²) in [6, 6.07) is 20.1. The first-order valence-corrected chi connectivity index (χ1v) is 9.66. The minimum Gasteiger partial charge on any atom is -0.497 e. The zero-order chi connectivity index (χ0) is 17.5. The van der Waals surface area contributed by atoms with Crippen LogP contribution in [0.5, 0.6) is 5.75 Å². The quantitative estimate of drug-likeness (QED) is 0.751. The van der Waals surface area contributed by atoms with Gasteiger partial charge in [-0.15, -0.1) is 0 Å². The van der Waals surface area contributed by atoms with Crippen LogP contribution in [0.2, 0.25) is 0 Å². The second kappa shape index (κ2) is 9.05. The highest BCUT2D eigenvalue weighted by Crippen LogP contribution is 2.28. The zero-order valence-corrected chi connectivity index (χ0v) is 15.6. The maximum absolute atomic E-state index is 5.24. The number of rotatable bonds is 7. The number of nitrogens with one attached hydrogen (secondary N) is 1. The van der Waals surface area contributed by atoms with Gasteiger partial charge in [-0.05, 0) is 67.2 Å². The standard InChI is InChI=1S/C23H31NO/c1-18(21-6-4-3-5-7-21)17-24-22-12-8-19(9-13-22)16-20-10-14-23(25-2)15-11-20/h3-7,10-11,14-15,18-19,22,24H,8-9,12-13,16-17H2,1-2H3/t18-,19-,22+/m0/s1. The van der Waals surface area contributed by atoms with Gasteiger partial charge in [0.05, 0.1) is 7.11 Å². The van der Waals surface area contributed by atoms with Crippen LogP contribution in [0, 0.1) is 5.92 Å². The average Bonchev–Trinajstić information content (AvgIpc) is 2.68. The van der Waals surface area contributed by atoms with E-state index in [0.29, 0.717) is 12.0 Å². The summed E-state index contributed by atoms with van der Waals surface area (Å²) in [6.45, 7) is 3.40. The molecular weight excluding hydrogens is 306 g/mol. The van der Waals surface area contributed by atoms with E-state index in [2.05, 4.69) is 66.8 Å².